The number of halogens is 1. The normalized spacial score (nSPS) is 16.5. The summed E-state index contributed by atoms with van der Waals surface area (Å²) in [5, 5.41) is 6.18. The van der Waals surface area contributed by atoms with Gasteiger partial charge in [0.05, 0.1) is 0 Å². The average molecular weight is 295 g/mol. The summed E-state index contributed by atoms with van der Waals surface area (Å²) in [5.41, 5.74) is 2.22. The minimum Gasteiger partial charge on any atom is -0.315 e. The molecule has 1 aliphatic rings. The Morgan fingerprint density at radius 3 is 2.68 bits per heavy atom. The molecule has 1 aliphatic carbocycles. The van der Waals surface area contributed by atoms with Gasteiger partial charge in [-0.3, -0.25) is 4.79 Å². The summed E-state index contributed by atoms with van der Waals surface area (Å²) in [6, 6.07) is 8.37. The van der Waals surface area contributed by atoms with Crippen molar-refractivity contribution in [2.45, 2.75) is 25.4 Å². The van der Waals surface area contributed by atoms with Gasteiger partial charge in [-0.1, -0.05) is 35.1 Å². The first kappa shape index (κ1) is 12.9. The molecule has 1 aromatic heterocycles. The zero-order chi connectivity index (χ0) is 13.2. The summed E-state index contributed by atoms with van der Waals surface area (Å²) in [7, 11) is 0. The summed E-state index contributed by atoms with van der Waals surface area (Å²) < 4.78 is 0. The molecular formula is C14H15ClN2OS. The summed E-state index contributed by atoms with van der Waals surface area (Å²) in [4.78, 5) is 13.9. The summed E-state index contributed by atoms with van der Waals surface area (Å²) in [5.74, 6) is 0.700. The summed E-state index contributed by atoms with van der Waals surface area (Å²) >= 11 is 7.14. The molecular weight excluding hydrogens is 280 g/mol. The highest BCUT2D eigenvalue weighted by Gasteiger charge is 2.31. The number of hydrogen-bond donors (Lipinski definition) is 2. The smallest absolute Gasteiger partial charge is 0.304 e. The Hall–Kier alpha value is -1.10. The van der Waals surface area contributed by atoms with E-state index < -0.39 is 0 Å². The molecule has 0 bridgehead atoms. The first-order valence-electron chi connectivity index (χ1n) is 6.38. The van der Waals surface area contributed by atoms with Gasteiger partial charge in [0.1, 0.15) is 0 Å². The van der Waals surface area contributed by atoms with Crippen molar-refractivity contribution in [1.29, 1.82) is 0 Å². The van der Waals surface area contributed by atoms with Crippen molar-refractivity contribution in [3.63, 3.8) is 0 Å². The predicted molar refractivity (Wildman–Crippen MR) is 78.7 cm³/mol. The molecule has 1 saturated carbocycles. The van der Waals surface area contributed by atoms with E-state index in [0.717, 1.165) is 10.7 Å². The van der Waals surface area contributed by atoms with Gasteiger partial charge in [0.2, 0.25) is 0 Å². The third kappa shape index (κ3) is 3.26. The molecule has 3 rings (SSSR count). The van der Waals surface area contributed by atoms with Gasteiger partial charge < -0.3 is 10.3 Å². The highest BCUT2D eigenvalue weighted by molar-refractivity contribution is 7.07. The number of rotatable bonds is 5. The Morgan fingerprint density at radius 1 is 1.37 bits per heavy atom. The van der Waals surface area contributed by atoms with Crippen molar-refractivity contribution < 1.29 is 0 Å². The van der Waals surface area contributed by atoms with E-state index >= 15 is 0 Å². The molecule has 100 valence electrons. The Kier molecular flexibility index (Phi) is 3.73. The molecule has 3 nitrogen and oxygen atoms in total. The monoisotopic (exact) mass is 294 g/mol. The van der Waals surface area contributed by atoms with E-state index in [9.17, 15) is 4.79 Å². The highest BCUT2D eigenvalue weighted by Crippen LogP contribution is 2.41. The van der Waals surface area contributed by atoms with E-state index in [2.05, 4.69) is 22.4 Å². The van der Waals surface area contributed by atoms with Gasteiger partial charge in [0.25, 0.3) is 0 Å². The Labute approximate surface area is 120 Å². The zero-order valence-corrected chi connectivity index (χ0v) is 11.9. The largest absolute Gasteiger partial charge is 0.315 e. The van der Waals surface area contributed by atoms with Crippen molar-refractivity contribution in [1.82, 2.24) is 10.3 Å². The van der Waals surface area contributed by atoms with Crippen LogP contribution in [0.2, 0.25) is 5.02 Å². The van der Waals surface area contributed by atoms with Crippen LogP contribution in [0.25, 0.3) is 0 Å². The van der Waals surface area contributed by atoms with Crippen LogP contribution < -0.4 is 10.2 Å². The van der Waals surface area contributed by atoms with Gasteiger partial charge in [-0.05, 0) is 36.5 Å². The van der Waals surface area contributed by atoms with E-state index in [0.29, 0.717) is 18.5 Å². The molecule has 0 radical (unpaired) electrons. The van der Waals surface area contributed by atoms with Gasteiger partial charge in [0, 0.05) is 28.7 Å². The Balaban J connectivity index is 1.71. The molecule has 0 amide bonds. The first-order chi connectivity index (χ1) is 9.22. The van der Waals surface area contributed by atoms with Gasteiger partial charge in [-0.15, -0.1) is 0 Å². The van der Waals surface area contributed by atoms with Crippen LogP contribution in [0.5, 0.6) is 0 Å². The molecule has 1 atom stereocenters. The summed E-state index contributed by atoms with van der Waals surface area (Å²) in [6.45, 7) is 0.697. The number of aromatic nitrogens is 1. The highest BCUT2D eigenvalue weighted by atomic mass is 35.5. The fourth-order valence-electron chi connectivity index (χ4n) is 2.28. The lowest BCUT2D eigenvalue weighted by Crippen LogP contribution is -2.23. The van der Waals surface area contributed by atoms with Gasteiger partial charge in [-0.25, -0.2) is 0 Å². The van der Waals surface area contributed by atoms with Crippen LogP contribution in [0.4, 0.5) is 0 Å². The number of aromatic amines is 1. The molecule has 2 aromatic rings. The Bertz CT molecular complexity index is 600. The fraction of sp³-hybridized carbons (Fsp3) is 0.357. The SMILES string of the molecule is O=c1[nH]c(CNC(c2ccc(Cl)cc2)C2CC2)cs1. The molecule has 19 heavy (non-hydrogen) atoms. The minimum absolute atomic E-state index is 0.00580. The third-order valence-corrected chi connectivity index (χ3v) is 4.38. The lowest BCUT2D eigenvalue weighted by Gasteiger charge is -2.18. The quantitative estimate of drug-likeness (QED) is 0.888. The van der Waals surface area contributed by atoms with Gasteiger partial charge in [-0.2, -0.15) is 0 Å². The third-order valence-electron chi connectivity index (χ3n) is 3.41. The maximum absolute atomic E-state index is 11.1. The van der Waals surface area contributed by atoms with Crippen LogP contribution in [0.3, 0.4) is 0 Å². The number of H-pyrrole nitrogens is 1. The molecule has 1 aromatic carbocycles. The topological polar surface area (TPSA) is 44.9 Å². The number of nitrogens with one attached hydrogen (secondary N) is 2. The van der Waals surface area contributed by atoms with E-state index in [4.69, 9.17) is 11.6 Å². The van der Waals surface area contributed by atoms with Crippen LogP contribution in [0.15, 0.2) is 34.4 Å². The first-order valence-corrected chi connectivity index (χ1v) is 7.63. The second kappa shape index (κ2) is 5.49. The minimum atomic E-state index is 0.00580. The van der Waals surface area contributed by atoms with Crippen molar-refractivity contribution in [3.8, 4) is 0 Å². The maximum atomic E-state index is 11.1. The molecule has 0 spiro atoms. The van der Waals surface area contributed by atoms with Gasteiger partial charge in [0.15, 0.2) is 0 Å². The molecule has 0 saturated heterocycles. The number of thiazole rings is 1. The lowest BCUT2D eigenvalue weighted by molar-refractivity contribution is 0.477. The average Bonchev–Trinajstić information content (AvgIpc) is 3.15. The van der Waals surface area contributed by atoms with E-state index in [1.54, 1.807) is 0 Å². The van der Waals surface area contributed by atoms with Crippen molar-refractivity contribution in [2.75, 3.05) is 0 Å². The zero-order valence-electron chi connectivity index (χ0n) is 10.4. The van der Waals surface area contributed by atoms with E-state index in [1.807, 2.05) is 17.5 Å². The fourth-order valence-corrected chi connectivity index (χ4v) is 2.98. The molecule has 2 N–H and O–H groups in total. The second-order valence-electron chi connectivity index (χ2n) is 4.92. The number of hydrogen-bond acceptors (Lipinski definition) is 3. The van der Waals surface area contributed by atoms with Crippen LogP contribution in [0.1, 0.15) is 30.1 Å². The maximum Gasteiger partial charge on any atom is 0.304 e. The lowest BCUT2D eigenvalue weighted by atomic mass is 10.0. The van der Waals surface area contributed by atoms with Crippen LogP contribution in [-0.4, -0.2) is 4.98 Å². The molecule has 5 heteroatoms. The number of benzene rings is 1. The van der Waals surface area contributed by atoms with Crippen LogP contribution in [-0.2, 0) is 6.54 Å². The Morgan fingerprint density at radius 2 is 2.11 bits per heavy atom. The van der Waals surface area contributed by atoms with Crippen molar-refractivity contribution in [2.24, 2.45) is 5.92 Å². The van der Waals surface area contributed by atoms with Crippen molar-refractivity contribution in [3.05, 3.63) is 55.6 Å². The van der Waals surface area contributed by atoms with Crippen LogP contribution >= 0.6 is 22.9 Å². The second-order valence-corrected chi connectivity index (χ2v) is 6.20. The summed E-state index contributed by atoms with van der Waals surface area (Å²) in [6.07, 6.45) is 2.53. The van der Waals surface area contributed by atoms with E-state index in [-0.39, 0.29) is 4.87 Å². The predicted octanol–water partition coefficient (Wildman–Crippen LogP) is 3.33. The molecule has 1 heterocycles. The van der Waals surface area contributed by atoms with Gasteiger partial charge >= 0.3 is 4.87 Å². The van der Waals surface area contributed by atoms with Crippen LogP contribution in [0, 0.1) is 5.92 Å². The molecule has 1 unspecified atom stereocenters. The molecule has 1 fully saturated rings. The van der Waals surface area contributed by atoms with Crippen molar-refractivity contribution >= 4 is 22.9 Å². The van der Waals surface area contributed by atoms with E-state index in [1.165, 1.54) is 29.7 Å². The molecule has 0 aliphatic heterocycles. The standard InChI is InChI=1S/C14H15ClN2OS/c15-11-5-3-10(4-6-11)13(9-1-2-9)16-7-12-8-19-14(18)17-12/h3-6,8-9,13,16H,1-2,7H2,(H,17,18).